The van der Waals surface area contributed by atoms with Crippen LogP contribution in [-0.2, 0) is 4.79 Å². The summed E-state index contributed by atoms with van der Waals surface area (Å²) in [5, 5.41) is 2.79. The average molecular weight is 249 g/mol. The number of thiocarbonyl (C=S) groups is 1. The van der Waals surface area contributed by atoms with E-state index in [2.05, 4.69) is 10.3 Å². The molecule has 0 unspecified atom stereocenters. The zero-order valence-corrected chi connectivity index (χ0v) is 10.5. The topological polar surface area (TPSA) is 68.0 Å². The minimum Gasteiger partial charge on any atom is -0.392 e. The fourth-order valence-electron chi connectivity index (χ4n) is 1.96. The van der Waals surface area contributed by atoms with Gasteiger partial charge in [0.1, 0.15) is 5.82 Å². The Kier molecular flexibility index (Phi) is 3.11. The molecule has 1 aliphatic rings. The summed E-state index contributed by atoms with van der Waals surface area (Å²) >= 11 is 5.00. The number of anilines is 1. The van der Waals surface area contributed by atoms with Crippen LogP contribution in [0.1, 0.15) is 25.0 Å². The van der Waals surface area contributed by atoms with Gasteiger partial charge in [0.25, 0.3) is 0 Å². The summed E-state index contributed by atoms with van der Waals surface area (Å²) in [7, 11) is 0. The SMILES string of the molecule is Cc1cccc(NC(=O)C2(C(N)=S)CCC2)n1. The van der Waals surface area contributed by atoms with E-state index in [1.807, 2.05) is 19.1 Å². The lowest BCUT2D eigenvalue weighted by Crippen LogP contribution is -2.50. The molecule has 1 aromatic rings. The highest BCUT2D eigenvalue weighted by Crippen LogP contribution is 2.42. The maximum atomic E-state index is 12.2. The lowest BCUT2D eigenvalue weighted by atomic mass is 9.68. The van der Waals surface area contributed by atoms with Crippen molar-refractivity contribution in [2.24, 2.45) is 11.1 Å². The van der Waals surface area contributed by atoms with Crippen molar-refractivity contribution in [3.05, 3.63) is 23.9 Å². The van der Waals surface area contributed by atoms with Crippen molar-refractivity contribution in [2.45, 2.75) is 26.2 Å². The summed E-state index contributed by atoms with van der Waals surface area (Å²) in [6.07, 6.45) is 2.46. The zero-order chi connectivity index (χ0) is 12.5. The average Bonchev–Trinajstić information content (AvgIpc) is 2.14. The van der Waals surface area contributed by atoms with E-state index < -0.39 is 5.41 Å². The molecule has 2 rings (SSSR count). The number of rotatable bonds is 3. The van der Waals surface area contributed by atoms with Crippen LogP contribution < -0.4 is 11.1 Å². The summed E-state index contributed by atoms with van der Waals surface area (Å²) in [5.41, 5.74) is 5.88. The Labute approximate surface area is 106 Å². The highest BCUT2D eigenvalue weighted by Gasteiger charge is 2.47. The second kappa shape index (κ2) is 4.41. The molecule has 1 fully saturated rings. The van der Waals surface area contributed by atoms with Crippen LogP contribution in [0.25, 0.3) is 0 Å². The van der Waals surface area contributed by atoms with E-state index in [9.17, 15) is 4.79 Å². The van der Waals surface area contributed by atoms with Crippen molar-refractivity contribution in [3.63, 3.8) is 0 Å². The Morgan fingerprint density at radius 3 is 2.71 bits per heavy atom. The Morgan fingerprint density at radius 2 is 2.24 bits per heavy atom. The Bertz CT molecular complexity index is 469. The van der Waals surface area contributed by atoms with Crippen LogP contribution in [0.5, 0.6) is 0 Å². The van der Waals surface area contributed by atoms with E-state index in [0.29, 0.717) is 5.82 Å². The number of pyridine rings is 1. The monoisotopic (exact) mass is 249 g/mol. The molecule has 1 saturated carbocycles. The van der Waals surface area contributed by atoms with E-state index in [1.54, 1.807) is 6.07 Å². The summed E-state index contributed by atoms with van der Waals surface area (Å²) < 4.78 is 0. The number of carbonyl (C=O) groups excluding carboxylic acids is 1. The third-order valence-corrected chi connectivity index (χ3v) is 3.63. The molecule has 0 spiro atoms. The van der Waals surface area contributed by atoms with Crippen LogP contribution in [0.4, 0.5) is 5.82 Å². The minimum atomic E-state index is -0.652. The molecular weight excluding hydrogens is 234 g/mol. The number of aromatic nitrogens is 1. The van der Waals surface area contributed by atoms with Crippen molar-refractivity contribution in [1.82, 2.24) is 4.98 Å². The maximum Gasteiger partial charge on any atom is 0.238 e. The molecule has 5 heteroatoms. The lowest BCUT2D eigenvalue weighted by molar-refractivity contribution is -0.125. The molecule has 3 N–H and O–H groups in total. The molecule has 17 heavy (non-hydrogen) atoms. The largest absolute Gasteiger partial charge is 0.392 e. The standard InChI is InChI=1S/C12H15N3OS/c1-8-4-2-5-9(14-8)15-11(16)12(10(13)17)6-3-7-12/h2,4-5H,3,6-7H2,1H3,(H2,13,17)(H,14,15,16). The third kappa shape index (κ3) is 2.15. The molecule has 0 bridgehead atoms. The maximum absolute atomic E-state index is 12.2. The van der Waals surface area contributed by atoms with Crippen molar-refractivity contribution in [1.29, 1.82) is 0 Å². The van der Waals surface area contributed by atoms with Gasteiger partial charge in [-0.1, -0.05) is 24.7 Å². The first kappa shape index (κ1) is 12.0. The number of nitrogens with two attached hydrogens (primary N) is 1. The first-order valence-corrected chi connectivity index (χ1v) is 6.00. The summed E-state index contributed by atoms with van der Waals surface area (Å²) in [6.45, 7) is 1.88. The van der Waals surface area contributed by atoms with Gasteiger partial charge >= 0.3 is 0 Å². The number of hydrogen-bond donors (Lipinski definition) is 2. The minimum absolute atomic E-state index is 0.130. The molecule has 90 valence electrons. The highest BCUT2D eigenvalue weighted by atomic mass is 32.1. The van der Waals surface area contributed by atoms with Crippen molar-refractivity contribution in [2.75, 3.05) is 5.32 Å². The highest BCUT2D eigenvalue weighted by molar-refractivity contribution is 7.80. The molecule has 1 amide bonds. The molecule has 1 aromatic heterocycles. The van der Waals surface area contributed by atoms with Crippen LogP contribution in [0.15, 0.2) is 18.2 Å². The molecule has 4 nitrogen and oxygen atoms in total. The van der Waals surface area contributed by atoms with Crippen LogP contribution in [0.3, 0.4) is 0 Å². The molecule has 0 aliphatic heterocycles. The molecule has 1 aliphatic carbocycles. The molecule has 0 atom stereocenters. The van der Waals surface area contributed by atoms with E-state index >= 15 is 0 Å². The Balaban J connectivity index is 2.14. The molecule has 0 aromatic carbocycles. The number of amides is 1. The normalized spacial score (nSPS) is 17.0. The van der Waals surface area contributed by atoms with Crippen molar-refractivity contribution < 1.29 is 4.79 Å². The second-order valence-electron chi connectivity index (χ2n) is 4.42. The van der Waals surface area contributed by atoms with Crippen LogP contribution in [0, 0.1) is 12.3 Å². The van der Waals surface area contributed by atoms with Gasteiger partial charge in [-0.05, 0) is 31.9 Å². The summed E-state index contributed by atoms with van der Waals surface area (Å²) in [4.78, 5) is 16.7. The van der Waals surface area contributed by atoms with Gasteiger partial charge in [0.05, 0.1) is 10.4 Å². The Hall–Kier alpha value is -1.49. The molecular formula is C12H15N3OS. The van der Waals surface area contributed by atoms with Gasteiger partial charge in [-0.2, -0.15) is 0 Å². The summed E-state index contributed by atoms with van der Waals surface area (Å²) in [6, 6.07) is 5.49. The smallest absolute Gasteiger partial charge is 0.238 e. The van der Waals surface area contributed by atoms with Gasteiger partial charge in [0.15, 0.2) is 0 Å². The molecule has 0 saturated heterocycles. The lowest BCUT2D eigenvalue weighted by Gasteiger charge is -2.38. The van der Waals surface area contributed by atoms with E-state index in [4.69, 9.17) is 18.0 Å². The predicted molar refractivity (Wildman–Crippen MR) is 70.7 cm³/mol. The molecule has 0 radical (unpaired) electrons. The Morgan fingerprint density at radius 1 is 1.53 bits per heavy atom. The number of nitrogens with one attached hydrogen (secondary N) is 1. The fraction of sp³-hybridized carbons (Fsp3) is 0.417. The van der Waals surface area contributed by atoms with E-state index in [1.165, 1.54) is 0 Å². The second-order valence-corrected chi connectivity index (χ2v) is 4.86. The van der Waals surface area contributed by atoms with Crippen LogP contribution >= 0.6 is 12.2 Å². The number of nitrogens with zero attached hydrogens (tertiary/aromatic N) is 1. The van der Waals surface area contributed by atoms with Crippen molar-refractivity contribution in [3.8, 4) is 0 Å². The van der Waals surface area contributed by atoms with Gasteiger partial charge in [-0.25, -0.2) is 4.98 Å². The van der Waals surface area contributed by atoms with E-state index in [0.717, 1.165) is 25.0 Å². The van der Waals surface area contributed by atoms with Gasteiger partial charge < -0.3 is 11.1 Å². The number of carbonyl (C=O) groups is 1. The molecule has 1 heterocycles. The van der Waals surface area contributed by atoms with Crippen molar-refractivity contribution >= 4 is 28.9 Å². The van der Waals surface area contributed by atoms with Gasteiger partial charge in [0.2, 0.25) is 5.91 Å². The van der Waals surface area contributed by atoms with Gasteiger partial charge in [0, 0.05) is 5.69 Å². The van der Waals surface area contributed by atoms with Gasteiger partial charge in [-0.3, -0.25) is 4.79 Å². The first-order chi connectivity index (χ1) is 8.04. The fourth-order valence-corrected chi connectivity index (χ4v) is 2.26. The zero-order valence-electron chi connectivity index (χ0n) is 9.69. The predicted octanol–water partition coefficient (Wildman–Crippen LogP) is 1.78. The van der Waals surface area contributed by atoms with E-state index in [-0.39, 0.29) is 10.9 Å². The first-order valence-electron chi connectivity index (χ1n) is 5.60. The van der Waals surface area contributed by atoms with Crippen LogP contribution in [0.2, 0.25) is 0 Å². The number of aryl methyl sites for hydroxylation is 1. The number of hydrogen-bond acceptors (Lipinski definition) is 3. The quantitative estimate of drug-likeness (QED) is 0.801. The van der Waals surface area contributed by atoms with Crippen LogP contribution in [-0.4, -0.2) is 15.9 Å². The van der Waals surface area contributed by atoms with Gasteiger partial charge in [-0.15, -0.1) is 0 Å². The third-order valence-electron chi connectivity index (χ3n) is 3.24. The summed E-state index contributed by atoms with van der Waals surface area (Å²) in [5.74, 6) is 0.423.